The number of hydrogen-bond acceptors (Lipinski definition) is 7. The zero-order chi connectivity index (χ0) is 21.5. The van der Waals surface area contributed by atoms with Crippen LogP contribution < -0.4 is 4.74 Å². The van der Waals surface area contributed by atoms with Crippen molar-refractivity contribution >= 4 is 11.7 Å². The van der Waals surface area contributed by atoms with Gasteiger partial charge in [0.15, 0.2) is 6.79 Å². The Morgan fingerprint density at radius 2 is 2.07 bits per heavy atom. The van der Waals surface area contributed by atoms with Gasteiger partial charge in [-0.2, -0.15) is 0 Å². The summed E-state index contributed by atoms with van der Waals surface area (Å²) in [6.07, 6.45) is 5.24. The minimum Gasteiger partial charge on any atom is -0.467 e. The van der Waals surface area contributed by atoms with E-state index in [0.29, 0.717) is 23.8 Å². The summed E-state index contributed by atoms with van der Waals surface area (Å²) >= 11 is 0. The molecule has 1 aromatic rings. The summed E-state index contributed by atoms with van der Waals surface area (Å²) < 4.78 is 16.8. The fourth-order valence-electron chi connectivity index (χ4n) is 5.08. The van der Waals surface area contributed by atoms with Gasteiger partial charge in [0.2, 0.25) is 0 Å². The molecule has 4 rings (SSSR count). The summed E-state index contributed by atoms with van der Waals surface area (Å²) in [6, 6.07) is 3.03. The summed E-state index contributed by atoms with van der Waals surface area (Å²) in [5.41, 5.74) is 0.883. The largest absolute Gasteiger partial charge is 0.467 e. The number of rotatable bonds is 4. The molecule has 1 aliphatic carbocycles. The highest BCUT2D eigenvalue weighted by Crippen LogP contribution is 2.43. The molecule has 0 spiro atoms. The SMILES string of the molecule is CC(C)(C)OC(=O)[C@@H]1C[C@H]2CCCC[C@@H]2N1Cc1cc([N+](=O)[O-])cc2c1OCOC2. The second-order valence-corrected chi connectivity index (χ2v) is 9.53. The van der Waals surface area contributed by atoms with Crippen LogP contribution >= 0.6 is 0 Å². The van der Waals surface area contributed by atoms with E-state index in [1.165, 1.54) is 12.5 Å². The van der Waals surface area contributed by atoms with E-state index in [9.17, 15) is 14.9 Å². The van der Waals surface area contributed by atoms with Crippen LogP contribution in [0.5, 0.6) is 5.75 Å². The molecule has 2 aliphatic heterocycles. The molecule has 0 aromatic heterocycles. The molecule has 2 heterocycles. The first-order valence-corrected chi connectivity index (χ1v) is 10.7. The summed E-state index contributed by atoms with van der Waals surface area (Å²) in [6.45, 7) is 6.46. The summed E-state index contributed by atoms with van der Waals surface area (Å²) in [5, 5.41) is 11.5. The van der Waals surface area contributed by atoms with Gasteiger partial charge in [-0.05, 0) is 46.0 Å². The van der Waals surface area contributed by atoms with Crippen LogP contribution in [-0.2, 0) is 27.4 Å². The molecule has 0 radical (unpaired) electrons. The van der Waals surface area contributed by atoms with Gasteiger partial charge in [-0.3, -0.25) is 19.8 Å². The van der Waals surface area contributed by atoms with Crippen LogP contribution in [0.25, 0.3) is 0 Å². The molecule has 30 heavy (non-hydrogen) atoms. The molecule has 1 aromatic carbocycles. The lowest BCUT2D eigenvalue weighted by atomic mass is 9.84. The quantitative estimate of drug-likeness (QED) is 0.415. The predicted molar refractivity (Wildman–Crippen MR) is 109 cm³/mol. The maximum absolute atomic E-state index is 13.0. The average Bonchev–Trinajstić information content (AvgIpc) is 3.05. The first kappa shape index (κ1) is 21.1. The van der Waals surface area contributed by atoms with E-state index in [1.807, 2.05) is 20.8 Å². The van der Waals surface area contributed by atoms with Crippen molar-refractivity contribution in [1.82, 2.24) is 4.90 Å². The molecule has 0 bridgehead atoms. The zero-order valence-corrected chi connectivity index (χ0v) is 17.9. The molecule has 2 fully saturated rings. The molecule has 3 aliphatic rings. The lowest BCUT2D eigenvalue weighted by Gasteiger charge is -2.34. The molecule has 0 unspecified atom stereocenters. The Balaban J connectivity index is 1.67. The number of fused-ring (bicyclic) bond motifs is 2. The monoisotopic (exact) mass is 418 g/mol. The Labute approximate surface area is 176 Å². The van der Waals surface area contributed by atoms with Crippen LogP contribution in [0.3, 0.4) is 0 Å². The third kappa shape index (κ3) is 4.30. The Morgan fingerprint density at radius 1 is 1.30 bits per heavy atom. The number of ether oxygens (including phenoxy) is 3. The number of nitro benzene ring substituents is 1. The van der Waals surface area contributed by atoms with E-state index in [2.05, 4.69) is 4.90 Å². The molecule has 164 valence electrons. The lowest BCUT2D eigenvalue weighted by Crippen LogP contribution is -2.44. The van der Waals surface area contributed by atoms with Crippen molar-refractivity contribution in [3.05, 3.63) is 33.4 Å². The van der Waals surface area contributed by atoms with Crippen LogP contribution in [0, 0.1) is 16.0 Å². The van der Waals surface area contributed by atoms with Crippen molar-refractivity contribution in [2.24, 2.45) is 5.92 Å². The topological polar surface area (TPSA) is 91.1 Å². The second-order valence-electron chi connectivity index (χ2n) is 9.53. The Hall–Kier alpha value is -2.19. The number of hydrogen-bond donors (Lipinski definition) is 0. The van der Waals surface area contributed by atoms with Crippen LogP contribution in [0.2, 0.25) is 0 Å². The van der Waals surface area contributed by atoms with E-state index in [0.717, 1.165) is 31.2 Å². The van der Waals surface area contributed by atoms with Gasteiger partial charge in [0, 0.05) is 35.8 Å². The van der Waals surface area contributed by atoms with E-state index in [4.69, 9.17) is 14.2 Å². The molecule has 3 atom stereocenters. The maximum Gasteiger partial charge on any atom is 0.323 e. The number of nitro groups is 1. The van der Waals surface area contributed by atoms with Gasteiger partial charge < -0.3 is 14.2 Å². The van der Waals surface area contributed by atoms with Crippen molar-refractivity contribution in [2.45, 2.75) is 83.7 Å². The fourth-order valence-corrected chi connectivity index (χ4v) is 5.08. The molecular weight excluding hydrogens is 388 g/mol. The van der Waals surface area contributed by atoms with Gasteiger partial charge in [-0.25, -0.2) is 0 Å². The highest BCUT2D eigenvalue weighted by Gasteiger charge is 2.46. The second kappa shape index (κ2) is 8.15. The van der Waals surface area contributed by atoms with Crippen molar-refractivity contribution in [3.8, 4) is 5.75 Å². The lowest BCUT2D eigenvalue weighted by molar-refractivity contribution is -0.385. The van der Waals surface area contributed by atoms with Crippen LogP contribution in [0.4, 0.5) is 5.69 Å². The van der Waals surface area contributed by atoms with E-state index >= 15 is 0 Å². The molecule has 1 saturated heterocycles. The third-order valence-corrected chi connectivity index (χ3v) is 6.24. The standard InChI is InChI=1S/C22H30N2O6/c1-22(2,3)30-21(25)19-10-14-6-4-5-7-18(14)23(19)11-15-8-17(24(26)27)9-16-12-28-13-29-20(15)16/h8-9,14,18-19H,4-7,10-13H2,1-3H3/t14-,18+,19+/m1/s1. The zero-order valence-electron chi connectivity index (χ0n) is 17.9. The molecule has 8 nitrogen and oxygen atoms in total. The summed E-state index contributed by atoms with van der Waals surface area (Å²) in [4.78, 5) is 26.3. The first-order valence-electron chi connectivity index (χ1n) is 10.7. The highest BCUT2D eigenvalue weighted by atomic mass is 16.7. The Bertz CT molecular complexity index is 834. The van der Waals surface area contributed by atoms with Gasteiger partial charge in [0.25, 0.3) is 5.69 Å². The van der Waals surface area contributed by atoms with Gasteiger partial charge in [-0.15, -0.1) is 0 Å². The average molecular weight is 418 g/mol. The van der Waals surface area contributed by atoms with Crippen LogP contribution in [-0.4, -0.2) is 40.3 Å². The minimum absolute atomic E-state index is 0.0195. The van der Waals surface area contributed by atoms with Crippen LogP contribution in [0.15, 0.2) is 12.1 Å². The smallest absolute Gasteiger partial charge is 0.323 e. The summed E-state index contributed by atoms with van der Waals surface area (Å²) in [7, 11) is 0. The number of carbonyl (C=O) groups is 1. The number of carbonyl (C=O) groups excluding carboxylic acids is 1. The van der Waals surface area contributed by atoms with Crippen LogP contribution in [0.1, 0.15) is 64.0 Å². The van der Waals surface area contributed by atoms with Crippen molar-refractivity contribution in [3.63, 3.8) is 0 Å². The highest BCUT2D eigenvalue weighted by molar-refractivity contribution is 5.77. The number of likely N-dealkylation sites (tertiary alicyclic amines) is 1. The number of benzene rings is 1. The molecule has 1 saturated carbocycles. The van der Waals surface area contributed by atoms with Crippen molar-refractivity contribution in [1.29, 1.82) is 0 Å². The third-order valence-electron chi connectivity index (χ3n) is 6.24. The molecule has 8 heteroatoms. The van der Waals surface area contributed by atoms with Gasteiger partial charge >= 0.3 is 5.97 Å². The van der Waals surface area contributed by atoms with Crippen molar-refractivity contribution < 1.29 is 23.9 Å². The number of non-ortho nitro benzene ring substituents is 1. The van der Waals surface area contributed by atoms with Gasteiger partial charge in [-0.1, -0.05) is 12.8 Å². The molecular formula is C22H30N2O6. The number of nitrogens with zero attached hydrogens (tertiary/aromatic N) is 2. The molecule has 0 amide bonds. The number of esters is 1. The van der Waals surface area contributed by atoms with E-state index < -0.39 is 10.5 Å². The first-order chi connectivity index (χ1) is 14.2. The Kier molecular flexibility index (Phi) is 5.72. The normalized spacial score (nSPS) is 26.4. The fraction of sp³-hybridized carbons (Fsp3) is 0.682. The Morgan fingerprint density at radius 3 is 2.80 bits per heavy atom. The van der Waals surface area contributed by atoms with E-state index in [1.54, 1.807) is 6.07 Å². The molecule has 0 N–H and O–H groups in total. The minimum atomic E-state index is -0.554. The van der Waals surface area contributed by atoms with Crippen molar-refractivity contribution in [2.75, 3.05) is 6.79 Å². The van der Waals surface area contributed by atoms with E-state index in [-0.39, 0.29) is 37.1 Å². The maximum atomic E-state index is 13.0. The van der Waals surface area contributed by atoms with Gasteiger partial charge in [0.1, 0.15) is 17.4 Å². The predicted octanol–water partition coefficient (Wildman–Crippen LogP) is 3.94. The van der Waals surface area contributed by atoms with Gasteiger partial charge in [0.05, 0.1) is 11.5 Å². The summed E-state index contributed by atoms with van der Waals surface area (Å²) in [5.74, 6) is 0.893.